The Morgan fingerprint density at radius 2 is 1.65 bits per heavy atom. The minimum absolute atomic E-state index is 0.0331. The summed E-state index contributed by atoms with van der Waals surface area (Å²) in [5.41, 5.74) is 0.759. The van der Waals surface area contributed by atoms with E-state index in [1.807, 2.05) is 13.8 Å². The first-order chi connectivity index (χ1) is 17.3. The van der Waals surface area contributed by atoms with Gasteiger partial charge in [0.1, 0.15) is 12.6 Å². The Balaban J connectivity index is 2.45. The van der Waals surface area contributed by atoms with Gasteiger partial charge in [-0.1, -0.05) is 43.1 Å². The Hall–Kier alpha value is -2.69. The van der Waals surface area contributed by atoms with E-state index in [2.05, 4.69) is 5.32 Å². The minimum Gasteiger partial charge on any atom is -0.493 e. The topological polar surface area (TPSA) is 105 Å². The lowest BCUT2D eigenvalue weighted by Gasteiger charge is -2.32. The van der Waals surface area contributed by atoms with Gasteiger partial charge in [-0.3, -0.25) is 13.9 Å². The minimum atomic E-state index is -3.90. The normalized spacial score (nSPS) is 12.1. The van der Waals surface area contributed by atoms with Crippen LogP contribution in [0.15, 0.2) is 36.4 Å². The molecule has 2 aromatic carbocycles. The highest BCUT2D eigenvalue weighted by atomic mass is 35.5. The molecule has 0 aliphatic heterocycles. The van der Waals surface area contributed by atoms with Crippen LogP contribution in [-0.4, -0.2) is 64.7 Å². The number of carbonyl (C=O) groups excluding carboxylic acids is 2. The number of hydrogen-bond donors (Lipinski definition) is 1. The van der Waals surface area contributed by atoms with Crippen molar-refractivity contribution in [3.63, 3.8) is 0 Å². The molecule has 0 radical (unpaired) electrons. The third kappa shape index (κ3) is 8.41. The molecule has 0 aliphatic carbocycles. The average molecular weight is 575 g/mol. The largest absolute Gasteiger partial charge is 0.493 e. The second-order valence-corrected chi connectivity index (χ2v) is 11.6. The molecule has 1 atom stereocenters. The summed E-state index contributed by atoms with van der Waals surface area (Å²) in [7, 11) is -1.02. The molecule has 37 heavy (non-hydrogen) atoms. The molecule has 0 spiro atoms. The van der Waals surface area contributed by atoms with E-state index < -0.39 is 28.5 Å². The van der Waals surface area contributed by atoms with Crippen molar-refractivity contribution in [2.45, 2.75) is 33.4 Å². The first-order valence-corrected chi connectivity index (χ1v) is 14.1. The fraction of sp³-hybridized carbons (Fsp3) is 0.440. The van der Waals surface area contributed by atoms with E-state index in [1.165, 1.54) is 37.3 Å². The molecule has 0 aliphatic rings. The Labute approximate surface area is 228 Å². The number of sulfonamides is 1. The highest BCUT2D eigenvalue weighted by Gasteiger charge is 2.31. The summed E-state index contributed by atoms with van der Waals surface area (Å²) in [6.07, 6.45) is 0.996. The van der Waals surface area contributed by atoms with Crippen LogP contribution in [0.3, 0.4) is 0 Å². The van der Waals surface area contributed by atoms with Crippen molar-refractivity contribution in [1.82, 2.24) is 10.2 Å². The maximum Gasteiger partial charge on any atom is 0.244 e. The molecule has 0 saturated heterocycles. The molecule has 1 unspecified atom stereocenters. The van der Waals surface area contributed by atoms with E-state index in [1.54, 1.807) is 25.1 Å². The third-order valence-corrected chi connectivity index (χ3v) is 7.27. The smallest absolute Gasteiger partial charge is 0.244 e. The predicted molar refractivity (Wildman–Crippen MR) is 146 cm³/mol. The van der Waals surface area contributed by atoms with Gasteiger partial charge in [-0.2, -0.15) is 0 Å². The third-order valence-electron chi connectivity index (χ3n) is 5.54. The Morgan fingerprint density at radius 1 is 1.00 bits per heavy atom. The summed E-state index contributed by atoms with van der Waals surface area (Å²) >= 11 is 12.4. The number of nitrogens with one attached hydrogen (secondary N) is 1. The number of methoxy groups -OCH3 is 2. The number of rotatable bonds is 12. The van der Waals surface area contributed by atoms with Crippen molar-refractivity contribution in [1.29, 1.82) is 0 Å². The maximum absolute atomic E-state index is 13.6. The van der Waals surface area contributed by atoms with Gasteiger partial charge in [-0.15, -0.1) is 0 Å². The molecular weight excluding hydrogens is 541 g/mol. The van der Waals surface area contributed by atoms with E-state index in [0.29, 0.717) is 33.7 Å². The fourth-order valence-electron chi connectivity index (χ4n) is 3.46. The monoisotopic (exact) mass is 573 g/mol. The summed E-state index contributed by atoms with van der Waals surface area (Å²) in [5.74, 6) is -0.0628. The zero-order valence-corrected chi connectivity index (χ0v) is 24.1. The van der Waals surface area contributed by atoms with E-state index in [0.717, 1.165) is 10.6 Å². The SMILES string of the molecule is COc1ccc(N(CC(=O)N(Cc2ccc(Cl)cc2Cl)C(C)C(=O)NCC(C)C)S(C)(=O)=O)cc1OC. The van der Waals surface area contributed by atoms with Crippen LogP contribution in [-0.2, 0) is 26.2 Å². The number of amides is 2. The number of carbonyl (C=O) groups is 2. The molecule has 12 heteroatoms. The Morgan fingerprint density at radius 3 is 2.19 bits per heavy atom. The van der Waals surface area contributed by atoms with Crippen molar-refractivity contribution >= 4 is 50.7 Å². The van der Waals surface area contributed by atoms with Crippen molar-refractivity contribution in [3.8, 4) is 11.5 Å². The van der Waals surface area contributed by atoms with Crippen molar-refractivity contribution in [2.75, 3.05) is 37.9 Å². The number of halogens is 2. The van der Waals surface area contributed by atoms with Crippen LogP contribution >= 0.6 is 23.2 Å². The van der Waals surface area contributed by atoms with Gasteiger partial charge in [0, 0.05) is 29.2 Å². The second-order valence-electron chi connectivity index (χ2n) is 8.88. The van der Waals surface area contributed by atoms with Gasteiger partial charge in [-0.05, 0) is 42.7 Å². The molecule has 0 heterocycles. The van der Waals surface area contributed by atoms with Crippen LogP contribution in [0.4, 0.5) is 5.69 Å². The first-order valence-electron chi connectivity index (χ1n) is 11.5. The van der Waals surface area contributed by atoms with Crippen LogP contribution in [0.2, 0.25) is 10.0 Å². The molecule has 2 aromatic rings. The molecule has 9 nitrogen and oxygen atoms in total. The Kier molecular flexibility index (Phi) is 10.9. The van der Waals surface area contributed by atoms with Gasteiger partial charge in [0.15, 0.2) is 11.5 Å². The zero-order chi connectivity index (χ0) is 27.9. The molecule has 204 valence electrons. The zero-order valence-electron chi connectivity index (χ0n) is 21.7. The Bertz CT molecular complexity index is 1220. The molecule has 2 amide bonds. The molecule has 0 aromatic heterocycles. The lowest BCUT2D eigenvalue weighted by molar-refractivity contribution is -0.139. The van der Waals surface area contributed by atoms with Crippen LogP contribution < -0.4 is 19.1 Å². The molecule has 0 saturated carbocycles. The molecule has 0 fully saturated rings. The summed E-state index contributed by atoms with van der Waals surface area (Å²) < 4.78 is 37.0. The van der Waals surface area contributed by atoms with Crippen LogP contribution in [0.1, 0.15) is 26.3 Å². The van der Waals surface area contributed by atoms with Crippen molar-refractivity contribution in [3.05, 3.63) is 52.0 Å². The van der Waals surface area contributed by atoms with E-state index in [-0.39, 0.29) is 24.1 Å². The number of anilines is 1. The number of hydrogen-bond acceptors (Lipinski definition) is 6. The lowest BCUT2D eigenvalue weighted by atomic mass is 10.1. The molecule has 2 rings (SSSR count). The number of nitrogens with zero attached hydrogens (tertiary/aromatic N) is 2. The fourth-order valence-corrected chi connectivity index (χ4v) is 4.77. The highest BCUT2D eigenvalue weighted by Crippen LogP contribution is 2.32. The quantitative estimate of drug-likeness (QED) is 0.412. The highest BCUT2D eigenvalue weighted by molar-refractivity contribution is 7.92. The summed E-state index contributed by atoms with van der Waals surface area (Å²) in [5, 5.41) is 3.56. The van der Waals surface area contributed by atoms with Gasteiger partial charge < -0.3 is 19.7 Å². The molecule has 1 N–H and O–H groups in total. The van der Waals surface area contributed by atoms with E-state index in [4.69, 9.17) is 32.7 Å². The van der Waals surface area contributed by atoms with Gasteiger partial charge in [0.25, 0.3) is 0 Å². The number of benzene rings is 2. The van der Waals surface area contributed by atoms with E-state index in [9.17, 15) is 18.0 Å². The van der Waals surface area contributed by atoms with Crippen LogP contribution in [0, 0.1) is 5.92 Å². The molecule has 0 bridgehead atoms. The summed E-state index contributed by atoms with van der Waals surface area (Å²) in [4.78, 5) is 27.8. The van der Waals surface area contributed by atoms with Crippen molar-refractivity contribution < 1.29 is 27.5 Å². The molecular formula is C25H33Cl2N3O6S. The standard InChI is InChI=1S/C25H33Cl2N3O6S/c1-16(2)13-28-25(32)17(3)29(14-18-7-8-19(26)11-21(18)27)24(31)15-30(37(6,33)34)20-9-10-22(35-4)23(12-20)36-5/h7-12,16-17H,13-15H2,1-6H3,(H,28,32). The van der Waals surface area contributed by atoms with Gasteiger partial charge in [-0.25, -0.2) is 8.42 Å². The average Bonchev–Trinajstić information content (AvgIpc) is 2.83. The summed E-state index contributed by atoms with van der Waals surface area (Å²) in [6, 6.07) is 8.43. The van der Waals surface area contributed by atoms with Gasteiger partial charge >= 0.3 is 0 Å². The van der Waals surface area contributed by atoms with Gasteiger partial charge in [0.05, 0.1) is 26.2 Å². The summed E-state index contributed by atoms with van der Waals surface area (Å²) in [6.45, 7) is 5.32. The van der Waals surface area contributed by atoms with Crippen LogP contribution in [0.5, 0.6) is 11.5 Å². The first kappa shape index (κ1) is 30.5. The maximum atomic E-state index is 13.6. The van der Waals surface area contributed by atoms with Crippen LogP contribution in [0.25, 0.3) is 0 Å². The van der Waals surface area contributed by atoms with Gasteiger partial charge in [0.2, 0.25) is 21.8 Å². The predicted octanol–water partition coefficient (Wildman–Crippen LogP) is 3.97. The van der Waals surface area contributed by atoms with Crippen molar-refractivity contribution in [2.24, 2.45) is 5.92 Å². The lowest BCUT2D eigenvalue weighted by Crippen LogP contribution is -2.51. The van der Waals surface area contributed by atoms with E-state index >= 15 is 0 Å². The number of ether oxygens (including phenoxy) is 2. The second kappa shape index (κ2) is 13.2.